The van der Waals surface area contributed by atoms with Crippen LogP contribution in [0.5, 0.6) is 5.75 Å². The van der Waals surface area contributed by atoms with Crippen molar-refractivity contribution < 1.29 is 19.4 Å². The van der Waals surface area contributed by atoms with Gasteiger partial charge in [0.25, 0.3) is 5.91 Å². The fraction of sp³-hybridized carbons (Fsp3) is 0.467. The minimum atomic E-state index is -1.03. The van der Waals surface area contributed by atoms with Crippen LogP contribution >= 0.6 is 11.8 Å². The normalized spacial score (nSPS) is 13.3. The second kappa shape index (κ2) is 8.56. The number of rotatable bonds is 8. The van der Waals surface area contributed by atoms with Crippen molar-refractivity contribution in [1.82, 2.24) is 5.32 Å². The van der Waals surface area contributed by atoms with Gasteiger partial charge in [0.2, 0.25) is 0 Å². The number of hydrogen-bond donors (Lipinski definition) is 2. The zero-order chi connectivity index (χ0) is 15.8. The molecule has 1 unspecified atom stereocenters. The lowest BCUT2D eigenvalue weighted by Gasteiger charge is -2.18. The van der Waals surface area contributed by atoms with Crippen molar-refractivity contribution in [2.45, 2.75) is 32.4 Å². The molecule has 1 amide bonds. The van der Waals surface area contributed by atoms with E-state index in [1.54, 1.807) is 30.8 Å². The highest BCUT2D eigenvalue weighted by Gasteiger charge is 2.23. The van der Waals surface area contributed by atoms with Gasteiger partial charge in [-0.3, -0.25) is 4.79 Å². The summed E-state index contributed by atoms with van der Waals surface area (Å²) >= 11 is 1.54. The summed E-state index contributed by atoms with van der Waals surface area (Å²) in [6.45, 7) is 3.56. The van der Waals surface area contributed by atoms with Gasteiger partial charge in [0, 0.05) is 0 Å². The van der Waals surface area contributed by atoms with Gasteiger partial charge < -0.3 is 15.2 Å². The lowest BCUT2D eigenvalue weighted by molar-refractivity contribution is -0.142. The third kappa shape index (κ3) is 6.08. The van der Waals surface area contributed by atoms with Crippen LogP contribution in [0.2, 0.25) is 0 Å². The summed E-state index contributed by atoms with van der Waals surface area (Å²) in [5.41, 5.74) is 1.10. The maximum atomic E-state index is 12.0. The Labute approximate surface area is 129 Å². The molecule has 1 aromatic carbocycles. The molecule has 0 saturated heterocycles. The number of nitrogens with one attached hydrogen (secondary N) is 1. The topological polar surface area (TPSA) is 75.6 Å². The Morgan fingerprint density at radius 2 is 1.95 bits per heavy atom. The fourth-order valence-electron chi connectivity index (χ4n) is 1.66. The molecule has 2 N–H and O–H groups in total. The molecule has 0 bridgehead atoms. The summed E-state index contributed by atoms with van der Waals surface area (Å²) in [4.78, 5) is 23.1. The molecular formula is C15H21NO4S. The van der Waals surface area contributed by atoms with Gasteiger partial charge in [-0.2, -0.15) is 11.8 Å². The van der Waals surface area contributed by atoms with Gasteiger partial charge in [-0.05, 0) is 44.4 Å². The fourth-order valence-corrected chi connectivity index (χ4v) is 2.13. The zero-order valence-corrected chi connectivity index (χ0v) is 13.3. The van der Waals surface area contributed by atoms with Crippen molar-refractivity contribution in [2.24, 2.45) is 0 Å². The molecule has 21 heavy (non-hydrogen) atoms. The maximum Gasteiger partial charge on any atom is 0.326 e. The highest BCUT2D eigenvalue weighted by atomic mass is 32.2. The van der Waals surface area contributed by atoms with Crippen LogP contribution in [0.4, 0.5) is 0 Å². The molecule has 1 aromatic rings. The van der Waals surface area contributed by atoms with Crippen molar-refractivity contribution in [1.29, 1.82) is 0 Å². The van der Waals surface area contributed by atoms with Crippen LogP contribution in [-0.2, 0) is 9.59 Å². The van der Waals surface area contributed by atoms with Gasteiger partial charge in [0.15, 0.2) is 6.10 Å². The lowest BCUT2D eigenvalue weighted by atomic mass is 10.2. The first-order chi connectivity index (χ1) is 9.93. The molecule has 1 rings (SSSR count). The van der Waals surface area contributed by atoms with Gasteiger partial charge in [0.1, 0.15) is 11.8 Å². The number of carboxylic acid groups (broad SMARTS) is 1. The van der Waals surface area contributed by atoms with Crippen LogP contribution in [0.1, 0.15) is 18.9 Å². The highest BCUT2D eigenvalue weighted by molar-refractivity contribution is 7.98. The van der Waals surface area contributed by atoms with Crippen molar-refractivity contribution in [3.8, 4) is 5.75 Å². The monoisotopic (exact) mass is 311 g/mol. The van der Waals surface area contributed by atoms with E-state index in [9.17, 15) is 9.59 Å². The molecule has 2 atom stereocenters. The Morgan fingerprint density at radius 3 is 2.48 bits per heavy atom. The van der Waals surface area contributed by atoms with Crippen LogP contribution < -0.4 is 10.1 Å². The number of amides is 1. The van der Waals surface area contributed by atoms with Crippen LogP contribution in [0.3, 0.4) is 0 Å². The Morgan fingerprint density at radius 1 is 1.33 bits per heavy atom. The Hall–Kier alpha value is -1.69. The van der Waals surface area contributed by atoms with E-state index in [2.05, 4.69) is 5.32 Å². The molecule has 0 spiro atoms. The minimum Gasteiger partial charge on any atom is -0.481 e. The number of carbonyl (C=O) groups excluding carboxylic acids is 1. The average molecular weight is 311 g/mol. The molecule has 5 nitrogen and oxygen atoms in total. The summed E-state index contributed by atoms with van der Waals surface area (Å²) in [6.07, 6.45) is 1.53. The summed E-state index contributed by atoms with van der Waals surface area (Å²) in [5, 5.41) is 11.6. The molecule has 6 heteroatoms. The van der Waals surface area contributed by atoms with Crippen molar-refractivity contribution in [2.75, 3.05) is 12.0 Å². The number of ether oxygens (including phenoxy) is 1. The zero-order valence-electron chi connectivity index (χ0n) is 12.5. The van der Waals surface area contributed by atoms with Crippen molar-refractivity contribution >= 4 is 23.6 Å². The van der Waals surface area contributed by atoms with Gasteiger partial charge in [-0.1, -0.05) is 17.7 Å². The molecule has 0 saturated carbocycles. The van der Waals surface area contributed by atoms with Gasteiger partial charge in [-0.25, -0.2) is 4.79 Å². The van der Waals surface area contributed by atoms with E-state index < -0.39 is 24.0 Å². The Bertz CT molecular complexity index is 475. The number of thioether (sulfide) groups is 1. The number of hydrogen-bond acceptors (Lipinski definition) is 4. The largest absolute Gasteiger partial charge is 0.481 e. The molecule has 0 heterocycles. The second-order valence-corrected chi connectivity index (χ2v) is 5.74. The first kappa shape index (κ1) is 17.4. The molecule has 116 valence electrons. The van der Waals surface area contributed by atoms with Crippen molar-refractivity contribution in [3.05, 3.63) is 29.8 Å². The molecule has 0 aliphatic heterocycles. The van der Waals surface area contributed by atoms with E-state index in [-0.39, 0.29) is 0 Å². The molecule has 0 radical (unpaired) electrons. The summed E-state index contributed by atoms with van der Waals surface area (Å²) in [5.74, 6) is -0.201. The van der Waals surface area contributed by atoms with E-state index in [0.29, 0.717) is 17.9 Å². The molecule has 0 aromatic heterocycles. The quantitative estimate of drug-likeness (QED) is 0.769. The summed E-state index contributed by atoms with van der Waals surface area (Å²) < 4.78 is 5.51. The number of benzene rings is 1. The van der Waals surface area contributed by atoms with Crippen LogP contribution in [-0.4, -0.2) is 41.1 Å². The SMILES string of the molecule is CSCC[C@@H](NC(=O)C(C)Oc1ccc(C)cc1)C(=O)O. The van der Waals surface area contributed by atoms with Gasteiger partial charge in [0.05, 0.1) is 0 Å². The molecule has 0 aliphatic carbocycles. The number of aliphatic carboxylic acids is 1. The predicted molar refractivity (Wildman–Crippen MR) is 83.8 cm³/mol. The van der Waals surface area contributed by atoms with E-state index in [0.717, 1.165) is 5.56 Å². The van der Waals surface area contributed by atoms with Crippen molar-refractivity contribution in [3.63, 3.8) is 0 Å². The van der Waals surface area contributed by atoms with Crippen LogP contribution in [0, 0.1) is 6.92 Å². The lowest BCUT2D eigenvalue weighted by Crippen LogP contribution is -2.46. The predicted octanol–water partition coefficient (Wildman–Crippen LogP) is 2.08. The average Bonchev–Trinajstić information content (AvgIpc) is 2.45. The first-order valence-corrected chi connectivity index (χ1v) is 8.09. The number of carbonyl (C=O) groups is 2. The third-order valence-corrected chi connectivity index (χ3v) is 3.57. The molecular weight excluding hydrogens is 290 g/mol. The van der Waals surface area contributed by atoms with E-state index in [1.165, 1.54) is 0 Å². The van der Waals surface area contributed by atoms with Crippen LogP contribution in [0.25, 0.3) is 0 Å². The maximum absolute atomic E-state index is 12.0. The molecule has 0 aliphatic rings. The van der Waals surface area contributed by atoms with E-state index in [4.69, 9.17) is 9.84 Å². The summed E-state index contributed by atoms with van der Waals surface area (Å²) in [6, 6.07) is 6.45. The summed E-state index contributed by atoms with van der Waals surface area (Å²) in [7, 11) is 0. The van der Waals surface area contributed by atoms with E-state index >= 15 is 0 Å². The second-order valence-electron chi connectivity index (χ2n) is 4.75. The third-order valence-electron chi connectivity index (χ3n) is 2.93. The Kier molecular flexibility index (Phi) is 7.08. The standard InChI is InChI=1S/C15H21NO4S/c1-10-4-6-12(7-5-10)20-11(2)14(17)16-13(15(18)19)8-9-21-3/h4-7,11,13H,8-9H2,1-3H3,(H,16,17)(H,18,19)/t11?,13-/m1/s1. The highest BCUT2D eigenvalue weighted by Crippen LogP contribution is 2.13. The minimum absolute atomic E-state index is 0.388. The smallest absolute Gasteiger partial charge is 0.326 e. The van der Waals surface area contributed by atoms with Gasteiger partial charge in [-0.15, -0.1) is 0 Å². The number of carboxylic acids is 1. The first-order valence-electron chi connectivity index (χ1n) is 6.69. The van der Waals surface area contributed by atoms with Gasteiger partial charge >= 0.3 is 5.97 Å². The molecule has 0 fully saturated rings. The number of aryl methyl sites for hydroxylation is 1. The Balaban J connectivity index is 2.56. The van der Waals surface area contributed by atoms with Crippen LogP contribution in [0.15, 0.2) is 24.3 Å². The van der Waals surface area contributed by atoms with E-state index in [1.807, 2.05) is 25.3 Å².